The summed E-state index contributed by atoms with van der Waals surface area (Å²) >= 11 is 0. The zero-order chi connectivity index (χ0) is 13.7. The molecule has 19 heavy (non-hydrogen) atoms. The molecule has 0 bridgehead atoms. The van der Waals surface area contributed by atoms with Crippen molar-refractivity contribution in [3.8, 4) is 0 Å². The fourth-order valence-corrected chi connectivity index (χ4v) is 2.12. The molecule has 4 heteroatoms. The maximum atomic E-state index is 11.9. The number of aromatic nitrogens is 1. The van der Waals surface area contributed by atoms with Gasteiger partial charge in [0, 0.05) is 24.0 Å². The minimum Gasteiger partial charge on any atom is -0.327 e. The summed E-state index contributed by atoms with van der Waals surface area (Å²) in [6.07, 6.45) is 3.92. The van der Waals surface area contributed by atoms with Crippen LogP contribution < -0.4 is 11.1 Å². The Labute approximate surface area is 113 Å². The van der Waals surface area contributed by atoms with Crippen LogP contribution in [0.1, 0.15) is 26.2 Å². The second kappa shape index (κ2) is 6.29. The summed E-state index contributed by atoms with van der Waals surface area (Å²) in [6.45, 7) is 2.06. The number of carbonyl (C=O) groups excluding carboxylic acids is 1. The maximum absolute atomic E-state index is 11.9. The van der Waals surface area contributed by atoms with Crippen LogP contribution in [0.3, 0.4) is 0 Å². The Morgan fingerprint density at radius 2 is 2.16 bits per heavy atom. The van der Waals surface area contributed by atoms with Crippen molar-refractivity contribution in [2.45, 2.75) is 32.2 Å². The first-order valence-electron chi connectivity index (χ1n) is 6.60. The lowest BCUT2D eigenvalue weighted by atomic mass is 10.1. The first-order chi connectivity index (χ1) is 9.20. The highest BCUT2D eigenvalue weighted by molar-refractivity contribution is 6.00. The van der Waals surface area contributed by atoms with E-state index in [1.165, 1.54) is 0 Å². The topological polar surface area (TPSA) is 68.0 Å². The smallest absolute Gasteiger partial charge is 0.225 e. The summed E-state index contributed by atoms with van der Waals surface area (Å²) in [5, 5.41) is 3.90. The highest BCUT2D eigenvalue weighted by atomic mass is 16.1. The summed E-state index contributed by atoms with van der Waals surface area (Å²) in [6, 6.07) is 9.52. The lowest BCUT2D eigenvalue weighted by Gasteiger charge is -2.11. The second-order valence-electron chi connectivity index (χ2n) is 4.68. The van der Waals surface area contributed by atoms with Gasteiger partial charge in [-0.1, -0.05) is 31.5 Å². The van der Waals surface area contributed by atoms with Gasteiger partial charge < -0.3 is 11.1 Å². The molecule has 0 saturated heterocycles. The molecule has 4 nitrogen and oxygen atoms in total. The highest BCUT2D eigenvalue weighted by Crippen LogP contribution is 2.20. The number of anilines is 1. The molecule has 100 valence electrons. The molecule has 0 aliphatic heterocycles. The van der Waals surface area contributed by atoms with Gasteiger partial charge in [0.15, 0.2) is 0 Å². The fourth-order valence-electron chi connectivity index (χ4n) is 2.12. The van der Waals surface area contributed by atoms with Crippen LogP contribution in [0.25, 0.3) is 10.9 Å². The molecule has 0 saturated carbocycles. The molecule has 2 aromatic rings. The van der Waals surface area contributed by atoms with Crippen molar-refractivity contribution in [3.63, 3.8) is 0 Å². The molecule has 0 aliphatic carbocycles. The molecule has 3 N–H and O–H groups in total. The molecule has 2 rings (SSSR count). The summed E-state index contributed by atoms with van der Waals surface area (Å²) in [7, 11) is 0. The standard InChI is InChI=1S/C15H19N3O/c1-2-5-12(16)10-14(19)18-13-8-3-6-11-7-4-9-17-15(11)13/h3-4,6-9,12H,2,5,10,16H2,1H3,(H,18,19). The van der Waals surface area contributed by atoms with Crippen LogP contribution >= 0.6 is 0 Å². The van der Waals surface area contributed by atoms with Gasteiger partial charge in [-0.2, -0.15) is 0 Å². The van der Waals surface area contributed by atoms with Gasteiger partial charge in [0.2, 0.25) is 5.91 Å². The number of nitrogens with one attached hydrogen (secondary N) is 1. The second-order valence-corrected chi connectivity index (χ2v) is 4.68. The van der Waals surface area contributed by atoms with E-state index >= 15 is 0 Å². The first-order valence-corrected chi connectivity index (χ1v) is 6.60. The van der Waals surface area contributed by atoms with E-state index < -0.39 is 0 Å². The molecule has 0 aliphatic rings. The normalized spacial score (nSPS) is 12.3. The molecule has 0 radical (unpaired) electrons. The summed E-state index contributed by atoms with van der Waals surface area (Å²) in [4.78, 5) is 16.2. The van der Waals surface area contributed by atoms with Crippen LogP contribution in [0, 0.1) is 0 Å². The van der Waals surface area contributed by atoms with E-state index in [0.717, 1.165) is 29.4 Å². The van der Waals surface area contributed by atoms with Crippen molar-refractivity contribution in [2.75, 3.05) is 5.32 Å². The number of rotatable bonds is 5. The van der Waals surface area contributed by atoms with Gasteiger partial charge in [-0.05, 0) is 18.6 Å². The van der Waals surface area contributed by atoms with Gasteiger partial charge in [0.25, 0.3) is 0 Å². The number of benzene rings is 1. The number of pyridine rings is 1. The van der Waals surface area contributed by atoms with Crippen molar-refractivity contribution >= 4 is 22.5 Å². The van der Waals surface area contributed by atoms with Crippen molar-refractivity contribution in [1.29, 1.82) is 0 Å². The van der Waals surface area contributed by atoms with Gasteiger partial charge >= 0.3 is 0 Å². The summed E-state index contributed by atoms with van der Waals surface area (Å²) < 4.78 is 0. The summed E-state index contributed by atoms with van der Waals surface area (Å²) in [5.74, 6) is -0.0564. The lowest BCUT2D eigenvalue weighted by Crippen LogP contribution is -2.26. The third-order valence-electron chi connectivity index (χ3n) is 3.01. The predicted octanol–water partition coefficient (Wildman–Crippen LogP) is 2.69. The van der Waals surface area contributed by atoms with Crippen LogP contribution in [0.2, 0.25) is 0 Å². The molecule has 0 fully saturated rings. The van der Waals surface area contributed by atoms with Gasteiger partial charge in [0.05, 0.1) is 11.2 Å². The molecule has 1 aromatic heterocycles. The molecule has 0 spiro atoms. The minimum atomic E-state index is -0.0760. The molecule has 1 aromatic carbocycles. The Balaban J connectivity index is 2.11. The zero-order valence-electron chi connectivity index (χ0n) is 11.1. The van der Waals surface area contributed by atoms with Gasteiger partial charge in [0.1, 0.15) is 0 Å². The highest BCUT2D eigenvalue weighted by Gasteiger charge is 2.10. The minimum absolute atomic E-state index is 0.0564. The molecule has 1 atom stereocenters. The van der Waals surface area contributed by atoms with E-state index in [1.807, 2.05) is 30.3 Å². The van der Waals surface area contributed by atoms with E-state index in [9.17, 15) is 4.79 Å². The van der Waals surface area contributed by atoms with Crippen molar-refractivity contribution < 1.29 is 4.79 Å². The Morgan fingerprint density at radius 3 is 2.95 bits per heavy atom. The quantitative estimate of drug-likeness (QED) is 0.865. The van der Waals surface area contributed by atoms with Crippen LogP contribution in [-0.4, -0.2) is 16.9 Å². The molecule has 1 amide bonds. The molecular weight excluding hydrogens is 238 g/mol. The fraction of sp³-hybridized carbons (Fsp3) is 0.333. The van der Waals surface area contributed by atoms with E-state index in [0.29, 0.717) is 6.42 Å². The Bertz CT molecular complexity index is 563. The van der Waals surface area contributed by atoms with Crippen molar-refractivity contribution in [3.05, 3.63) is 36.5 Å². The first kappa shape index (κ1) is 13.5. The number of nitrogens with two attached hydrogens (primary N) is 1. The van der Waals surface area contributed by atoms with Crippen LogP contribution in [0.4, 0.5) is 5.69 Å². The van der Waals surface area contributed by atoms with Crippen LogP contribution in [0.5, 0.6) is 0 Å². The number of amides is 1. The number of nitrogens with zero attached hydrogens (tertiary/aromatic N) is 1. The number of hydrogen-bond acceptors (Lipinski definition) is 3. The number of carbonyl (C=O) groups is 1. The maximum Gasteiger partial charge on any atom is 0.225 e. The average molecular weight is 257 g/mol. The van der Waals surface area contributed by atoms with Crippen LogP contribution in [-0.2, 0) is 4.79 Å². The average Bonchev–Trinajstić information content (AvgIpc) is 2.39. The lowest BCUT2D eigenvalue weighted by molar-refractivity contribution is -0.116. The van der Waals surface area contributed by atoms with E-state index in [-0.39, 0.29) is 11.9 Å². The summed E-state index contributed by atoms with van der Waals surface area (Å²) in [5.41, 5.74) is 7.43. The van der Waals surface area contributed by atoms with E-state index in [1.54, 1.807) is 6.20 Å². The number of hydrogen-bond donors (Lipinski definition) is 2. The number of para-hydroxylation sites is 1. The Hall–Kier alpha value is -1.94. The SMILES string of the molecule is CCCC(N)CC(=O)Nc1cccc2cccnc12. The van der Waals surface area contributed by atoms with E-state index in [2.05, 4.69) is 17.2 Å². The van der Waals surface area contributed by atoms with Gasteiger partial charge in [-0.25, -0.2) is 0 Å². The molecule has 1 heterocycles. The molecular formula is C15H19N3O. The van der Waals surface area contributed by atoms with Crippen molar-refractivity contribution in [1.82, 2.24) is 4.98 Å². The van der Waals surface area contributed by atoms with E-state index in [4.69, 9.17) is 5.73 Å². The zero-order valence-corrected chi connectivity index (χ0v) is 11.1. The van der Waals surface area contributed by atoms with Gasteiger partial charge in [-0.3, -0.25) is 9.78 Å². The largest absolute Gasteiger partial charge is 0.327 e. The van der Waals surface area contributed by atoms with Crippen molar-refractivity contribution in [2.24, 2.45) is 5.73 Å². The monoisotopic (exact) mass is 257 g/mol. The third kappa shape index (κ3) is 3.51. The molecule has 1 unspecified atom stereocenters. The van der Waals surface area contributed by atoms with Gasteiger partial charge in [-0.15, -0.1) is 0 Å². The number of fused-ring (bicyclic) bond motifs is 1. The Kier molecular flexibility index (Phi) is 4.47. The third-order valence-corrected chi connectivity index (χ3v) is 3.01. The Morgan fingerprint density at radius 1 is 1.37 bits per heavy atom. The van der Waals surface area contributed by atoms with Crippen LogP contribution in [0.15, 0.2) is 36.5 Å². The predicted molar refractivity (Wildman–Crippen MR) is 77.9 cm³/mol.